The van der Waals surface area contributed by atoms with Crippen LogP contribution in [-0.4, -0.2) is 56.8 Å². The number of furan rings is 1. The highest BCUT2D eigenvalue weighted by atomic mass is 35.5. The van der Waals surface area contributed by atoms with Crippen LogP contribution in [-0.2, 0) is 10.0 Å². The molecule has 1 saturated heterocycles. The number of nitrogens with two attached hydrogens (primary N) is 1. The normalized spacial score (nSPS) is 20.8. The van der Waals surface area contributed by atoms with Crippen molar-refractivity contribution in [1.29, 1.82) is 0 Å². The highest BCUT2D eigenvalue weighted by molar-refractivity contribution is 7.89. The first kappa shape index (κ1) is 21.0. The fourth-order valence-electron chi connectivity index (χ4n) is 2.73. The molecule has 9 heteroatoms. The summed E-state index contributed by atoms with van der Waals surface area (Å²) in [5, 5.41) is 0. The van der Waals surface area contributed by atoms with E-state index in [-0.39, 0.29) is 46.2 Å². The number of hydrogen-bond donors (Lipinski definition) is 1. The summed E-state index contributed by atoms with van der Waals surface area (Å²) in [7, 11) is -0.749. The Kier molecular flexibility index (Phi) is 6.14. The summed E-state index contributed by atoms with van der Waals surface area (Å²) in [6.45, 7) is 6.64. The molecular weight excluding hydrogens is 354 g/mol. The summed E-state index contributed by atoms with van der Waals surface area (Å²) >= 11 is 0. The van der Waals surface area contributed by atoms with E-state index in [9.17, 15) is 13.2 Å². The SMILES string of the molecule is Cc1oc(C(=O)N2CCC(N)C(C)(C)C2)cc1S(=O)(=O)N(C)C.Cl. The molecule has 1 amide bonds. The molecule has 0 aromatic carbocycles. The Labute approximate surface area is 149 Å². The number of piperidine rings is 1. The Balaban J connectivity index is 0.00000288. The van der Waals surface area contributed by atoms with Crippen molar-refractivity contribution < 1.29 is 17.6 Å². The minimum atomic E-state index is -3.63. The molecule has 0 aliphatic carbocycles. The van der Waals surface area contributed by atoms with E-state index in [2.05, 4.69) is 0 Å². The van der Waals surface area contributed by atoms with Gasteiger partial charge in [0.1, 0.15) is 10.7 Å². The maximum Gasteiger partial charge on any atom is 0.289 e. The largest absolute Gasteiger partial charge is 0.455 e. The van der Waals surface area contributed by atoms with Crippen LogP contribution in [0.1, 0.15) is 36.6 Å². The molecule has 1 aromatic rings. The van der Waals surface area contributed by atoms with Gasteiger partial charge in [0.15, 0.2) is 5.76 Å². The maximum atomic E-state index is 12.6. The van der Waals surface area contributed by atoms with Gasteiger partial charge in [0.25, 0.3) is 5.91 Å². The van der Waals surface area contributed by atoms with E-state index in [1.165, 1.54) is 20.2 Å². The molecule has 138 valence electrons. The number of nitrogens with zero attached hydrogens (tertiary/aromatic N) is 2. The average molecular weight is 380 g/mol. The van der Waals surface area contributed by atoms with Gasteiger partial charge in [0, 0.05) is 39.3 Å². The highest BCUT2D eigenvalue weighted by Gasteiger charge is 2.37. The lowest BCUT2D eigenvalue weighted by atomic mass is 9.79. The Morgan fingerprint density at radius 3 is 2.50 bits per heavy atom. The van der Waals surface area contributed by atoms with Gasteiger partial charge < -0.3 is 15.1 Å². The predicted octanol–water partition coefficient (Wildman–Crippen LogP) is 1.46. The number of halogens is 1. The number of rotatable bonds is 3. The van der Waals surface area contributed by atoms with E-state index in [1.807, 2.05) is 13.8 Å². The molecule has 2 N–H and O–H groups in total. The molecule has 1 aromatic heterocycles. The summed E-state index contributed by atoms with van der Waals surface area (Å²) in [5.74, 6) is -0.0301. The predicted molar refractivity (Wildman–Crippen MR) is 93.8 cm³/mol. The number of sulfonamides is 1. The van der Waals surface area contributed by atoms with Crippen LogP contribution in [0.4, 0.5) is 0 Å². The van der Waals surface area contributed by atoms with Crippen molar-refractivity contribution >= 4 is 28.3 Å². The summed E-state index contributed by atoms with van der Waals surface area (Å²) in [6, 6.07) is 1.35. The standard InChI is InChI=1S/C15H25N3O4S.ClH/c1-10-12(23(20,21)17(4)5)8-11(22-10)14(19)18-7-6-13(16)15(2,3)9-18;/h8,13H,6-7,9,16H2,1-5H3;1H. The second-order valence-corrected chi connectivity index (χ2v) is 9.05. The zero-order valence-electron chi connectivity index (χ0n) is 14.7. The van der Waals surface area contributed by atoms with Gasteiger partial charge in [0.05, 0.1) is 0 Å². The zero-order valence-corrected chi connectivity index (χ0v) is 16.3. The molecular formula is C15H26ClN3O4S. The summed E-state index contributed by atoms with van der Waals surface area (Å²) in [5.41, 5.74) is 5.90. The molecule has 1 aliphatic heterocycles. The van der Waals surface area contributed by atoms with Gasteiger partial charge in [0.2, 0.25) is 10.0 Å². The van der Waals surface area contributed by atoms with E-state index < -0.39 is 10.0 Å². The van der Waals surface area contributed by atoms with Gasteiger partial charge in [-0.05, 0) is 18.8 Å². The Morgan fingerprint density at radius 2 is 2.00 bits per heavy atom. The van der Waals surface area contributed by atoms with Crippen LogP contribution < -0.4 is 5.73 Å². The Bertz CT molecular complexity index is 712. The molecule has 1 atom stereocenters. The number of carbonyl (C=O) groups excluding carboxylic acids is 1. The first-order valence-electron chi connectivity index (χ1n) is 7.54. The van der Waals surface area contributed by atoms with E-state index in [4.69, 9.17) is 10.2 Å². The smallest absolute Gasteiger partial charge is 0.289 e. The monoisotopic (exact) mass is 379 g/mol. The third-order valence-corrected chi connectivity index (χ3v) is 6.36. The lowest BCUT2D eigenvalue weighted by molar-refractivity contribution is 0.0502. The van der Waals surface area contributed by atoms with Crippen molar-refractivity contribution in [3.63, 3.8) is 0 Å². The van der Waals surface area contributed by atoms with Crippen LogP contribution in [0.3, 0.4) is 0 Å². The minimum absolute atomic E-state index is 0. The maximum absolute atomic E-state index is 12.6. The summed E-state index contributed by atoms with van der Waals surface area (Å²) in [6.07, 6.45) is 0.710. The van der Waals surface area contributed by atoms with Crippen molar-refractivity contribution in [2.75, 3.05) is 27.2 Å². The van der Waals surface area contributed by atoms with Crippen LogP contribution in [0.15, 0.2) is 15.4 Å². The topological polar surface area (TPSA) is 96.8 Å². The highest BCUT2D eigenvalue weighted by Crippen LogP contribution is 2.30. The molecule has 24 heavy (non-hydrogen) atoms. The van der Waals surface area contributed by atoms with E-state index in [0.29, 0.717) is 19.5 Å². The molecule has 2 heterocycles. The Hall–Kier alpha value is -1.09. The second kappa shape index (κ2) is 7.03. The minimum Gasteiger partial charge on any atom is -0.455 e. The van der Waals surface area contributed by atoms with Gasteiger partial charge in [-0.25, -0.2) is 12.7 Å². The van der Waals surface area contributed by atoms with Crippen LogP contribution in [0.2, 0.25) is 0 Å². The van der Waals surface area contributed by atoms with Crippen molar-refractivity contribution in [3.05, 3.63) is 17.6 Å². The molecule has 1 unspecified atom stereocenters. The lowest BCUT2D eigenvalue weighted by Crippen LogP contribution is -2.53. The Morgan fingerprint density at radius 1 is 1.42 bits per heavy atom. The van der Waals surface area contributed by atoms with Crippen molar-refractivity contribution in [1.82, 2.24) is 9.21 Å². The van der Waals surface area contributed by atoms with Gasteiger partial charge in [-0.1, -0.05) is 13.8 Å². The lowest BCUT2D eigenvalue weighted by Gasteiger charge is -2.42. The molecule has 1 fully saturated rings. The number of aryl methyl sites for hydroxylation is 1. The van der Waals surface area contributed by atoms with E-state index in [0.717, 1.165) is 4.31 Å². The van der Waals surface area contributed by atoms with Crippen molar-refractivity contribution in [2.24, 2.45) is 11.1 Å². The molecule has 0 bridgehead atoms. The van der Waals surface area contributed by atoms with Gasteiger partial charge >= 0.3 is 0 Å². The third kappa shape index (κ3) is 3.77. The zero-order chi connectivity index (χ0) is 17.6. The van der Waals surface area contributed by atoms with E-state index >= 15 is 0 Å². The number of hydrogen-bond acceptors (Lipinski definition) is 5. The number of carbonyl (C=O) groups is 1. The van der Waals surface area contributed by atoms with E-state index in [1.54, 1.807) is 11.8 Å². The van der Waals surface area contributed by atoms with Crippen molar-refractivity contribution in [3.8, 4) is 0 Å². The molecule has 0 spiro atoms. The number of likely N-dealkylation sites (tertiary alicyclic amines) is 1. The molecule has 7 nitrogen and oxygen atoms in total. The van der Waals surface area contributed by atoms with Crippen LogP contribution in [0, 0.1) is 12.3 Å². The summed E-state index contributed by atoms with van der Waals surface area (Å²) in [4.78, 5) is 14.3. The second-order valence-electron chi connectivity index (χ2n) is 6.93. The van der Waals surface area contributed by atoms with Crippen molar-refractivity contribution in [2.45, 2.75) is 38.1 Å². The first-order chi connectivity index (χ1) is 10.5. The van der Waals surface area contributed by atoms with Crippen LogP contribution in [0.5, 0.6) is 0 Å². The van der Waals surface area contributed by atoms with Crippen LogP contribution >= 0.6 is 12.4 Å². The average Bonchev–Trinajstić information content (AvgIpc) is 2.83. The quantitative estimate of drug-likeness (QED) is 0.857. The third-order valence-electron chi connectivity index (χ3n) is 4.44. The first-order valence-corrected chi connectivity index (χ1v) is 8.98. The van der Waals surface area contributed by atoms with Gasteiger partial charge in [-0.2, -0.15) is 0 Å². The van der Waals surface area contributed by atoms with Gasteiger partial charge in [-0.3, -0.25) is 4.79 Å². The number of amides is 1. The van der Waals surface area contributed by atoms with Gasteiger partial charge in [-0.15, -0.1) is 12.4 Å². The van der Waals surface area contributed by atoms with Crippen LogP contribution in [0.25, 0.3) is 0 Å². The molecule has 0 radical (unpaired) electrons. The molecule has 1 aliphatic rings. The fourth-order valence-corrected chi connectivity index (χ4v) is 3.78. The molecule has 2 rings (SSSR count). The summed E-state index contributed by atoms with van der Waals surface area (Å²) < 4.78 is 31.0. The fraction of sp³-hybridized carbons (Fsp3) is 0.667. The molecule has 0 saturated carbocycles.